The third kappa shape index (κ3) is 5.24. The van der Waals surface area contributed by atoms with Gasteiger partial charge in [0.2, 0.25) is 0 Å². The molecule has 0 bridgehead atoms. The highest BCUT2D eigenvalue weighted by Gasteiger charge is 2.33. The summed E-state index contributed by atoms with van der Waals surface area (Å²) >= 11 is 4.87. The first-order valence-electron chi connectivity index (χ1n) is 13.6. The molecule has 0 saturated carbocycles. The average Bonchev–Trinajstić information content (AvgIpc) is 3.33. The largest absolute Gasteiger partial charge is 0.488 e. The van der Waals surface area contributed by atoms with Crippen LogP contribution in [0.1, 0.15) is 36.1 Å². The van der Waals surface area contributed by atoms with Crippen LogP contribution in [0.15, 0.2) is 117 Å². The Morgan fingerprint density at radius 3 is 2.57 bits per heavy atom. The lowest BCUT2D eigenvalue weighted by Crippen LogP contribution is -2.40. The summed E-state index contributed by atoms with van der Waals surface area (Å²) in [6.07, 6.45) is 2.36. The van der Waals surface area contributed by atoms with Crippen molar-refractivity contribution in [2.45, 2.75) is 26.0 Å². The zero-order valence-corrected chi connectivity index (χ0v) is 25.4. The first-order chi connectivity index (χ1) is 20.5. The van der Waals surface area contributed by atoms with E-state index in [0.717, 1.165) is 31.9 Å². The van der Waals surface area contributed by atoms with E-state index in [1.54, 1.807) is 4.57 Å². The van der Waals surface area contributed by atoms with Crippen LogP contribution in [0, 0.1) is 0 Å². The van der Waals surface area contributed by atoms with E-state index in [0.29, 0.717) is 39.4 Å². The fourth-order valence-electron chi connectivity index (χ4n) is 5.29. The Morgan fingerprint density at radius 2 is 1.79 bits per heavy atom. The van der Waals surface area contributed by atoms with Crippen LogP contribution < -0.4 is 19.6 Å². The van der Waals surface area contributed by atoms with Crippen molar-refractivity contribution in [3.63, 3.8) is 0 Å². The van der Waals surface area contributed by atoms with Crippen molar-refractivity contribution in [2.24, 2.45) is 4.99 Å². The molecule has 42 heavy (non-hydrogen) atoms. The van der Waals surface area contributed by atoms with E-state index < -0.39 is 12.0 Å². The molecule has 210 valence electrons. The number of hydrogen-bond donors (Lipinski definition) is 0. The molecule has 0 radical (unpaired) electrons. The van der Waals surface area contributed by atoms with Crippen LogP contribution in [0.5, 0.6) is 5.75 Å². The van der Waals surface area contributed by atoms with Gasteiger partial charge in [-0.25, -0.2) is 9.79 Å². The van der Waals surface area contributed by atoms with Gasteiger partial charge in [0, 0.05) is 10.0 Å². The molecule has 0 amide bonds. The van der Waals surface area contributed by atoms with Crippen LogP contribution in [0.3, 0.4) is 0 Å². The molecule has 0 fully saturated rings. The Hall–Kier alpha value is -4.27. The summed E-state index contributed by atoms with van der Waals surface area (Å²) in [5.74, 6) is 0.163. The minimum Gasteiger partial charge on any atom is -0.488 e. The molecule has 0 saturated heterocycles. The highest BCUT2D eigenvalue weighted by Crippen LogP contribution is 2.32. The first-order valence-corrected chi connectivity index (χ1v) is 15.2. The maximum Gasteiger partial charge on any atom is 0.338 e. The number of allylic oxidation sites excluding steroid dienone is 1. The van der Waals surface area contributed by atoms with Gasteiger partial charge in [-0.2, -0.15) is 0 Å². The minimum atomic E-state index is -0.642. The van der Waals surface area contributed by atoms with E-state index in [2.05, 4.69) is 40.2 Å². The number of rotatable bonds is 7. The van der Waals surface area contributed by atoms with Crippen LogP contribution in [-0.2, 0) is 16.1 Å². The lowest BCUT2D eigenvalue weighted by molar-refractivity contribution is -0.136. The van der Waals surface area contributed by atoms with Crippen LogP contribution in [0.25, 0.3) is 16.8 Å². The zero-order chi connectivity index (χ0) is 29.2. The number of hydrogen-bond acceptors (Lipinski definition) is 6. The molecule has 8 heteroatoms. The molecule has 1 aliphatic heterocycles. The molecule has 0 spiro atoms. The quantitative estimate of drug-likeness (QED) is 0.196. The molecule has 6 nitrogen and oxygen atoms in total. The van der Waals surface area contributed by atoms with Crippen molar-refractivity contribution in [3.05, 3.63) is 143 Å². The second-order valence-electron chi connectivity index (χ2n) is 9.81. The number of aromatic nitrogens is 1. The van der Waals surface area contributed by atoms with E-state index in [4.69, 9.17) is 14.5 Å². The summed E-state index contributed by atoms with van der Waals surface area (Å²) in [4.78, 5) is 32.3. The van der Waals surface area contributed by atoms with Crippen molar-refractivity contribution < 1.29 is 14.3 Å². The Labute approximate surface area is 255 Å². The lowest BCUT2D eigenvalue weighted by Gasteiger charge is -2.25. The predicted molar refractivity (Wildman–Crippen MR) is 169 cm³/mol. The van der Waals surface area contributed by atoms with Gasteiger partial charge in [-0.1, -0.05) is 107 Å². The lowest BCUT2D eigenvalue weighted by atomic mass is 9.95. The molecule has 5 aromatic rings. The Morgan fingerprint density at radius 1 is 1.02 bits per heavy atom. The molecule has 0 unspecified atom stereocenters. The average molecular weight is 640 g/mol. The number of halogens is 1. The van der Waals surface area contributed by atoms with Gasteiger partial charge in [0.15, 0.2) is 4.80 Å². The van der Waals surface area contributed by atoms with E-state index in [-0.39, 0.29) is 5.56 Å². The summed E-state index contributed by atoms with van der Waals surface area (Å²) in [5.41, 5.74) is 3.41. The number of carbonyl (C=O) groups excluding carboxylic acids is 1. The summed E-state index contributed by atoms with van der Waals surface area (Å²) in [6.45, 7) is 2.32. The van der Waals surface area contributed by atoms with Gasteiger partial charge in [-0.3, -0.25) is 9.36 Å². The van der Waals surface area contributed by atoms with Gasteiger partial charge in [0.25, 0.3) is 5.56 Å². The van der Waals surface area contributed by atoms with Gasteiger partial charge in [0.05, 0.1) is 29.0 Å². The number of nitrogens with zero attached hydrogens (tertiary/aromatic N) is 2. The fraction of sp³-hybridized carbons (Fsp3) is 0.147. The molecular weight excluding hydrogens is 612 g/mol. The van der Waals surface area contributed by atoms with Crippen molar-refractivity contribution in [2.75, 3.05) is 7.11 Å². The second kappa shape index (κ2) is 11.9. The van der Waals surface area contributed by atoms with Crippen LogP contribution in [0.2, 0.25) is 0 Å². The van der Waals surface area contributed by atoms with Gasteiger partial charge < -0.3 is 9.47 Å². The van der Waals surface area contributed by atoms with Crippen LogP contribution in [0.4, 0.5) is 0 Å². The Balaban J connectivity index is 1.45. The normalized spacial score (nSPS) is 14.9. The van der Waals surface area contributed by atoms with E-state index in [1.165, 1.54) is 18.4 Å². The number of benzene rings is 4. The molecule has 6 rings (SSSR count). The molecular formula is C34H27BrN2O4S. The molecule has 0 N–H and O–H groups in total. The fourth-order valence-corrected chi connectivity index (χ4v) is 6.68. The topological polar surface area (TPSA) is 69.9 Å². The Kier molecular flexibility index (Phi) is 7.91. The number of fused-ring (bicyclic) bond motifs is 2. The smallest absolute Gasteiger partial charge is 0.338 e. The molecule has 1 aliphatic rings. The number of carbonyl (C=O) groups is 1. The van der Waals surface area contributed by atoms with Gasteiger partial charge in [-0.15, -0.1) is 0 Å². The van der Waals surface area contributed by atoms with E-state index in [9.17, 15) is 9.59 Å². The number of esters is 1. The van der Waals surface area contributed by atoms with Crippen molar-refractivity contribution in [3.8, 4) is 5.75 Å². The third-order valence-electron chi connectivity index (χ3n) is 7.29. The third-order valence-corrected chi connectivity index (χ3v) is 8.76. The summed E-state index contributed by atoms with van der Waals surface area (Å²) in [7, 11) is 1.35. The molecule has 4 aromatic carbocycles. The molecule has 0 aliphatic carbocycles. The summed E-state index contributed by atoms with van der Waals surface area (Å²) in [5, 5.41) is 2.29. The van der Waals surface area contributed by atoms with Crippen molar-refractivity contribution >= 4 is 50.1 Å². The number of methoxy groups -OCH3 is 1. The number of thiazole rings is 1. The zero-order valence-electron chi connectivity index (χ0n) is 23.0. The van der Waals surface area contributed by atoms with Crippen LogP contribution in [-0.4, -0.2) is 17.6 Å². The highest BCUT2D eigenvalue weighted by atomic mass is 79.9. The minimum absolute atomic E-state index is 0.232. The highest BCUT2D eigenvalue weighted by molar-refractivity contribution is 9.10. The molecule has 2 heterocycles. The van der Waals surface area contributed by atoms with Gasteiger partial charge in [0.1, 0.15) is 12.4 Å². The number of ether oxygens (including phenoxy) is 2. The molecule has 1 atom stereocenters. The van der Waals surface area contributed by atoms with Crippen molar-refractivity contribution in [1.82, 2.24) is 4.57 Å². The molecule has 1 aromatic heterocycles. The summed E-state index contributed by atoms with van der Waals surface area (Å²) < 4.78 is 14.4. The maximum atomic E-state index is 14.0. The van der Waals surface area contributed by atoms with E-state index in [1.807, 2.05) is 79.7 Å². The Bertz CT molecular complexity index is 2020. The predicted octanol–water partition coefficient (Wildman–Crippen LogP) is 6.29. The monoisotopic (exact) mass is 638 g/mol. The SMILES string of the molecule is CCC1=C(C(=O)OC)[C@H](c2ccccc2)n2c(s/c(=C\c3cc(Br)ccc3OCc3cccc4ccccc34)c2=O)=N1. The standard InChI is InChI=1S/C34H27BrN2O4S/c1-3-27-30(33(39)40-2)31(22-11-5-4-6-12-22)37-32(38)29(42-34(37)36-27)19-24-18-25(35)16-17-28(24)41-20-23-14-9-13-21-10-7-8-15-26(21)23/h4-19,31H,3,20H2,1-2H3/b29-19-/t31-/m0/s1. The summed E-state index contributed by atoms with van der Waals surface area (Å²) in [6, 6.07) is 29.0. The van der Waals surface area contributed by atoms with Crippen LogP contribution >= 0.6 is 27.3 Å². The first kappa shape index (κ1) is 27.9. The van der Waals surface area contributed by atoms with Crippen molar-refractivity contribution in [1.29, 1.82) is 0 Å². The van der Waals surface area contributed by atoms with E-state index >= 15 is 0 Å². The second-order valence-corrected chi connectivity index (χ2v) is 11.7. The van der Waals surface area contributed by atoms with Gasteiger partial charge in [-0.05, 0) is 52.6 Å². The van der Waals surface area contributed by atoms with Gasteiger partial charge >= 0.3 is 5.97 Å². The maximum absolute atomic E-state index is 14.0.